The van der Waals surface area contributed by atoms with Crippen molar-refractivity contribution in [1.29, 1.82) is 0 Å². The maximum Gasteiger partial charge on any atom is 0.239 e. The molecular weight excluding hydrogens is 384 g/mol. The van der Waals surface area contributed by atoms with Crippen LogP contribution >= 0.6 is 0 Å². The molecule has 5 nitrogen and oxygen atoms in total. The summed E-state index contributed by atoms with van der Waals surface area (Å²) in [6, 6.07) is 7.73. The molecule has 1 aromatic rings. The lowest BCUT2D eigenvalue weighted by molar-refractivity contribution is -0.113. The summed E-state index contributed by atoms with van der Waals surface area (Å²) < 4.78 is 24.4. The van der Waals surface area contributed by atoms with Gasteiger partial charge in [-0.15, -0.1) is 0 Å². The number of amides is 1. The molecule has 4 fully saturated rings. The first-order chi connectivity index (χ1) is 13.9. The minimum atomic E-state index is -3.36. The van der Waals surface area contributed by atoms with E-state index in [1.807, 2.05) is 31.2 Å². The molecule has 4 bridgehead atoms. The molecule has 160 valence electrons. The number of benzene rings is 1. The van der Waals surface area contributed by atoms with E-state index in [0.29, 0.717) is 12.1 Å². The summed E-state index contributed by atoms with van der Waals surface area (Å²) in [6.45, 7) is 2.03. The van der Waals surface area contributed by atoms with E-state index in [4.69, 9.17) is 0 Å². The number of unbranched alkanes of at least 4 members (excludes halogenated alkanes) is 2. The molecule has 0 aromatic heterocycles. The summed E-state index contributed by atoms with van der Waals surface area (Å²) in [5, 5.41) is 6.66. The molecule has 6 heteroatoms. The van der Waals surface area contributed by atoms with E-state index in [0.717, 1.165) is 36.3 Å². The fourth-order valence-electron chi connectivity index (χ4n) is 6.28. The quantitative estimate of drug-likeness (QED) is 0.574. The third-order valence-corrected chi connectivity index (χ3v) is 8.66. The van der Waals surface area contributed by atoms with Crippen LogP contribution in [0.3, 0.4) is 0 Å². The van der Waals surface area contributed by atoms with Crippen molar-refractivity contribution in [3.63, 3.8) is 0 Å². The minimum Gasteiger partial charge on any atom is -0.378 e. The average molecular weight is 419 g/mol. The molecule has 4 aliphatic rings. The highest BCUT2D eigenvalue weighted by Gasteiger charge is 2.51. The van der Waals surface area contributed by atoms with Crippen molar-refractivity contribution in [3.05, 3.63) is 24.3 Å². The Hall–Kier alpha value is -1.56. The van der Waals surface area contributed by atoms with Gasteiger partial charge in [-0.3, -0.25) is 4.79 Å². The Morgan fingerprint density at radius 3 is 2.17 bits per heavy atom. The molecule has 0 heterocycles. The van der Waals surface area contributed by atoms with E-state index in [1.165, 1.54) is 38.5 Å². The van der Waals surface area contributed by atoms with Crippen LogP contribution in [0, 0.1) is 17.8 Å². The third-order valence-electron chi connectivity index (χ3n) is 7.05. The van der Waals surface area contributed by atoms with Crippen LogP contribution in [0.1, 0.15) is 64.7 Å². The molecule has 0 atom stereocenters. The number of nitrogens with one attached hydrogen (secondary N) is 2. The van der Waals surface area contributed by atoms with E-state index in [-0.39, 0.29) is 11.3 Å². The maximum atomic E-state index is 12.5. The van der Waals surface area contributed by atoms with Gasteiger partial charge in [0.25, 0.3) is 0 Å². The largest absolute Gasteiger partial charge is 0.378 e. The second kappa shape index (κ2) is 8.29. The Morgan fingerprint density at radius 2 is 1.59 bits per heavy atom. The molecule has 2 N–H and O–H groups in total. The standard InChI is InChI=1S/C23H34N2O3S/c1-2-3-6-9-29(27,28)16-22(26)24-20-7-4-5-8-21(20)25-23-13-17-10-18(14-23)12-19(11-17)15-23/h4-5,7-8,17-19,25H,2-3,6,9-16H2,1H3,(H,24,26). The normalized spacial score (nSPS) is 30.3. The number of rotatable bonds is 9. The first-order valence-electron chi connectivity index (χ1n) is 11.2. The zero-order valence-electron chi connectivity index (χ0n) is 17.5. The molecule has 0 radical (unpaired) electrons. The zero-order valence-corrected chi connectivity index (χ0v) is 18.3. The van der Waals surface area contributed by atoms with Gasteiger partial charge in [-0.05, 0) is 74.8 Å². The third kappa shape index (κ3) is 4.96. The lowest BCUT2D eigenvalue weighted by atomic mass is 9.53. The van der Waals surface area contributed by atoms with Gasteiger partial charge >= 0.3 is 0 Å². The second-order valence-corrected chi connectivity index (χ2v) is 11.9. The Kier molecular flexibility index (Phi) is 5.92. The van der Waals surface area contributed by atoms with Crippen LogP contribution in [0.5, 0.6) is 0 Å². The van der Waals surface area contributed by atoms with Crippen LogP contribution in [-0.4, -0.2) is 31.4 Å². The molecule has 5 rings (SSSR count). The number of carbonyl (C=O) groups is 1. The number of carbonyl (C=O) groups excluding carboxylic acids is 1. The van der Waals surface area contributed by atoms with Crippen molar-refractivity contribution >= 4 is 27.1 Å². The van der Waals surface area contributed by atoms with Crippen molar-refractivity contribution in [2.24, 2.45) is 17.8 Å². The lowest BCUT2D eigenvalue weighted by Crippen LogP contribution is -2.54. The minimum absolute atomic E-state index is 0.0848. The Labute approximate surface area is 175 Å². The van der Waals surface area contributed by atoms with Crippen molar-refractivity contribution < 1.29 is 13.2 Å². The smallest absolute Gasteiger partial charge is 0.239 e. The lowest BCUT2D eigenvalue weighted by Gasteiger charge is -2.57. The van der Waals surface area contributed by atoms with Crippen molar-refractivity contribution in [3.8, 4) is 0 Å². The molecule has 1 amide bonds. The average Bonchev–Trinajstić information content (AvgIpc) is 2.61. The van der Waals surface area contributed by atoms with E-state index in [2.05, 4.69) is 10.6 Å². The number of para-hydroxylation sites is 2. The summed E-state index contributed by atoms with van der Waals surface area (Å²) >= 11 is 0. The fourth-order valence-corrected chi connectivity index (χ4v) is 7.54. The van der Waals surface area contributed by atoms with Gasteiger partial charge in [-0.25, -0.2) is 8.42 Å². The van der Waals surface area contributed by atoms with Gasteiger partial charge < -0.3 is 10.6 Å². The van der Waals surface area contributed by atoms with Crippen LogP contribution in [0.25, 0.3) is 0 Å². The van der Waals surface area contributed by atoms with Crippen molar-refractivity contribution in [2.75, 3.05) is 22.1 Å². The van der Waals surface area contributed by atoms with Gasteiger partial charge in [-0.1, -0.05) is 31.9 Å². The molecule has 29 heavy (non-hydrogen) atoms. The number of anilines is 2. The monoisotopic (exact) mass is 418 g/mol. The van der Waals surface area contributed by atoms with Gasteiger partial charge in [0, 0.05) is 5.54 Å². The van der Waals surface area contributed by atoms with Crippen LogP contribution < -0.4 is 10.6 Å². The van der Waals surface area contributed by atoms with Gasteiger partial charge in [0.1, 0.15) is 5.75 Å². The first kappa shape index (κ1) is 20.7. The maximum absolute atomic E-state index is 12.5. The predicted molar refractivity (Wildman–Crippen MR) is 118 cm³/mol. The molecular formula is C23H34N2O3S. The summed E-state index contributed by atoms with van der Waals surface area (Å²) in [4.78, 5) is 12.5. The second-order valence-electron chi connectivity index (χ2n) is 9.72. The van der Waals surface area contributed by atoms with Crippen molar-refractivity contribution in [2.45, 2.75) is 70.3 Å². The van der Waals surface area contributed by atoms with Gasteiger partial charge in [0.05, 0.1) is 17.1 Å². The van der Waals surface area contributed by atoms with Gasteiger partial charge in [0.15, 0.2) is 9.84 Å². The van der Waals surface area contributed by atoms with E-state index >= 15 is 0 Å². The van der Waals surface area contributed by atoms with E-state index < -0.39 is 21.5 Å². The number of hydrogen-bond acceptors (Lipinski definition) is 4. The fraction of sp³-hybridized carbons (Fsp3) is 0.696. The highest BCUT2D eigenvalue weighted by atomic mass is 32.2. The molecule has 0 saturated heterocycles. The topological polar surface area (TPSA) is 75.3 Å². The molecule has 0 spiro atoms. The Morgan fingerprint density at radius 1 is 1.00 bits per heavy atom. The van der Waals surface area contributed by atoms with Crippen LogP contribution in [0.15, 0.2) is 24.3 Å². The highest BCUT2D eigenvalue weighted by Crippen LogP contribution is 2.56. The van der Waals surface area contributed by atoms with Gasteiger partial charge in [-0.2, -0.15) is 0 Å². The molecule has 1 aromatic carbocycles. The Bertz CT molecular complexity index is 814. The van der Waals surface area contributed by atoms with E-state index in [1.54, 1.807) is 0 Å². The van der Waals surface area contributed by atoms with Crippen LogP contribution in [0.2, 0.25) is 0 Å². The summed E-state index contributed by atoms with van der Waals surface area (Å²) in [6.07, 6.45) is 10.3. The molecule has 0 aliphatic heterocycles. The Balaban J connectivity index is 1.42. The molecule has 0 unspecified atom stereocenters. The summed E-state index contributed by atoms with van der Waals surface area (Å²) in [5.41, 5.74) is 1.75. The first-order valence-corrected chi connectivity index (χ1v) is 13.1. The van der Waals surface area contributed by atoms with Gasteiger partial charge in [0.2, 0.25) is 5.91 Å². The SMILES string of the molecule is CCCCCS(=O)(=O)CC(=O)Nc1ccccc1NC12CC3CC(CC(C3)C1)C2. The summed E-state index contributed by atoms with van der Waals surface area (Å²) in [5.74, 6) is 1.71. The predicted octanol–water partition coefficient (Wildman–Crippen LogP) is 4.61. The summed E-state index contributed by atoms with van der Waals surface area (Å²) in [7, 11) is -3.36. The molecule has 4 saturated carbocycles. The number of sulfone groups is 1. The molecule has 4 aliphatic carbocycles. The zero-order chi connectivity index (χ0) is 20.5. The number of hydrogen-bond donors (Lipinski definition) is 2. The van der Waals surface area contributed by atoms with E-state index in [9.17, 15) is 13.2 Å². The highest BCUT2D eigenvalue weighted by molar-refractivity contribution is 7.92. The van der Waals surface area contributed by atoms with Crippen LogP contribution in [-0.2, 0) is 14.6 Å². The van der Waals surface area contributed by atoms with Crippen molar-refractivity contribution in [1.82, 2.24) is 0 Å². The van der Waals surface area contributed by atoms with Crippen LogP contribution in [0.4, 0.5) is 11.4 Å².